The Morgan fingerprint density at radius 3 is 2.17 bits per heavy atom. The zero-order chi connectivity index (χ0) is 32.5. The lowest BCUT2D eigenvalue weighted by molar-refractivity contribution is -0.115. The lowest BCUT2D eigenvalue weighted by Crippen LogP contribution is -2.30. The van der Waals surface area contributed by atoms with E-state index in [0.29, 0.717) is 28.3 Å². The number of hydrogen-bond donors (Lipinski definition) is 3. The molecule has 1 atom stereocenters. The van der Waals surface area contributed by atoms with Crippen LogP contribution in [-0.4, -0.2) is 37.2 Å². The Balaban J connectivity index is 1.28. The van der Waals surface area contributed by atoms with Crippen molar-refractivity contribution in [3.63, 3.8) is 0 Å². The van der Waals surface area contributed by atoms with Crippen molar-refractivity contribution in [2.75, 3.05) is 24.9 Å². The van der Waals surface area contributed by atoms with Crippen LogP contribution in [0.3, 0.4) is 0 Å². The maximum atomic E-state index is 13.5. The van der Waals surface area contributed by atoms with Crippen LogP contribution < -0.4 is 25.4 Å². The molecule has 0 aliphatic heterocycles. The van der Waals surface area contributed by atoms with Crippen molar-refractivity contribution in [2.24, 2.45) is 0 Å². The van der Waals surface area contributed by atoms with Gasteiger partial charge in [-0.1, -0.05) is 60.7 Å². The summed E-state index contributed by atoms with van der Waals surface area (Å²) >= 11 is 1.41. The molecule has 3 amide bonds. The summed E-state index contributed by atoms with van der Waals surface area (Å²) in [5.74, 6) is -0.0269. The van der Waals surface area contributed by atoms with Crippen LogP contribution in [0.5, 0.6) is 11.5 Å². The summed E-state index contributed by atoms with van der Waals surface area (Å²) in [7, 11) is 3.06. The Hall–Kier alpha value is -5.54. The van der Waals surface area contributed by atoms with E-state index in [-0.39, 0.29) is 16.9 Å². The van der Waals surface area contributed by atoms with Crippen molar-refractivity contribution in [1.82, 2.24) is 5.32 Å². The number of nitrogens with one attached hydrogen (secondary N) is 3. The third-order valence-corrected chi connectivity index (χ3v) is 8.20. The highest BCUT2D eigenvalue weighted by Crippen LogP contribution is 2.30. The summed E-state index contributed by atoms with van der Waals surface area (Å²) in [6.07, 6.45) is 1.57. The number of carbonyl (C=O) groups is 3. The summed E-state index contributed by atoms with van der Waals surface area (Å²) in [5.41, 5.74) is 2.37. The average molecular weight is 632 g/mol. The van der Waals surface area contributed by atoms with Crippen LogP contribution in [0.15, 0.2) is 126 Å². The molecule has 8 nitrogen and oxygen atoms in total. The first kappa shape index (κ1) is 31.9. The van der Waals surface area contributed by atoms with Gasteiger partial charge in [-0.25, -0.2) is 0 Å². The summed E-state index contributed by atoms with van der Waals surface area (Å²) in [5, 5.41) is 10.3. The lowest BCUT2D eigenvalue weighted by atomic mass is 10.1. The molecular weight excluding hydrogens is 598 g/mol. The first-order valence-electron chi connectivity index (χ1n) is 14.5. The third kappa shape index (κ3) is 7.94. The predicted molar refractivity (Wildman–Crippen MR) is 184 cm³/mol. The molecule has 0 radical (unpaired) electrons. The number of amides is 3. The minimum Gasteiger partial charge on any atom is -0.493 e. The molecular formula is C37H33N3O5S. The van der Waals surface area contributed by atoms with Crippen LogP contribution in [0.4, 0.5) is 11.4 Å². The number of methoxy groups -OCH3 is 2. The van der Waals surface area contributed by atoms with Crippen LogP contribution >= 0.6 is 11.8 Å². The molecule has 5 aromatic rings. The van der Waals surface area contributed by atoms with Crippen LogP contribution in [0.25, 0.3) is 16.8 Å². The van der Waals surface area contributed by atoms with Gasteiger partial charge in [0.25, 0.3) is 11.8 Å². The number of anilines is 2. The summed E-state index contributed by atoms with van der Waals surface area (Å²) in [6.45, 7) is 1.85. The molecule has 46 heavy (non-hydrogen) atoms. The van der Waals surface area contributed by atoms with Gasteiger partial charge in [0.1, 0.15) is 5.70 Å². The molecule has 232 valence electrons. The van der Waals surface area contributed by atoms with Gasteiger partial charge < -0.3 is 25.4 Å². The van der Waals surface area contributed by atoms with Crippen molar-refractivity contribution in [3.8, 4) is 11.5 Å². The molecule has 0 heterocycles. The van der Waals surface area contributed by atoms with Crippen molar-refractivity contribution in [2.45, 2.75) is 17.1 Å². The van der Waals surface area contributed by atoms with Gasteiger partial charge >= 0.3 is 0 Å². The molecule has 5 aromatic carbocycles. The molecule has 0 aliphatic rings. The Labute approximate surface area is 271 Å². The maximum Gasteiger partial charge on any atom is 0.272 e. The molecule has 0 spiro atoms. The zero-order valence-corrected chi connectivity index (χ0v) is 26.4. The van der Waals surface area contributed by atoms with E-state index in [0.717, 1.165) is 21.4 Å². The van der Waals surface area contributed by atoms with E-state index in [2.05, 4.69) is 16.0 Å². The molecule has 1 unspecified atom stereocenters. The largest absolute Gasteiger partial charge is 0.493 e. The third-order valence-electron chi connectivity index (χ3n) is 7.09. The van der Waals surface area contributed by atoms with Crippen molar-refractivity contribution in [3.05, 3.63) is 132 Å². The second kappa shape index (κ2) is 15.0. The number of benzene rings is 5. The van der Waals surface area contributed by atoms with Crippen LogP contribution in [0.1, 0.15) is 22.8 Å². The maximum absolute atomic E-state index is 13.5. The molecule has 5 rings (SSSR count). The van der Waals surface area contributed by atoms with Crippen LogP contribution in [-0.2, 0) is 9.59 Å². The van der Waals surface area contributed by atoms with E-state index in [1.807, 2.05) is 67.6 Å². The van der Waals surface area contributed by atoms with Crippen molar-refractivity contribution >= 4 is 57.7 Å². The summed E-state index contributed by atoms with van der Waals surface area (Å²) < 4.78 is 10.7. The highest BCUT2D eigenvalue weighted by atomic mass is 32.2. The van der Waals surface area contributed by atoms with Crippen LogP contribution in [0, 0.1) is 0 Å². The van der Waals surface area contributed by atoms with Crippen molar-refractivity contribution in [1.29, 1.82) is 0 Å². The Morgan fingerprint density at radius 2 is 1.43 bits per heavy atom. The van der Waals surface area contributed by atoms with E-state index in [1.165, 1.54) is 26.0 Å². The molecule has 9 heteroatoms. The summed E-state index contributed by atoms with van der Waals surface area (Å²) in [6, 6.07) is 34.7. The molecule has 3 N–H and O–H groups in total. The first-order chi connectivity index (χ1) is 22.3. The second-order valence-electron chi connectivity index (χ2n) is 10.2. The smallest absolute Gasteiger partial charge is 0.272 e. The van der Waals surface area contributed by atoms with E-state index in [4.69, 9.17) is 9.47 Å². The Morgan fingerprint density at radius 1 is 0.739 bits per heavy atom. The van der Waals surface area contributed by atoms with E-state index < -0.39 is 11.8 Å². The van der Waals surface area contributed by atoms with Crippen LogP contribution in [0.2, 0.25) is 0 Å². The van der Waals surface area contributed by atoms with E-state index >= 15 is 0 Å². The standard InChI is InChI=1S/C37H33N3O5S/c1-24(35(41)39-31-15-9-13-26-10-7-8-14-30(26)31)46-29-19-17-28(18-20-29)38-37(43)32(40-36(42)27-11-5-4-6-12-27)22-25-16-21-33(44-2)34(23-25)45-3/h4-24H,1-3H3,(H,38,43)(H,39,41)(H,40,42)/b32-22-. The zero-order valence-electron chi connectivity index (χ0n) is 25.6. The Bertz CT molecular complexity index is 1890. The van der Waals surface area contributed by atoms with Gasteiger partial charge in [-0.2, -0.15) is 0 Å². The molecule has 0 bridgehead atoms. The van der Waals surface area contributed by atoms with Gasteiger partial charge in [0.15, 0.2) is 11.5 Å². The second-order valence-corrected chi connectivity index (χ2v) is 11.7. The SMILES string of the molecule is COc1ccc(/C=C(\NC(=O)c2ccccc2)C(=O)Nc2ccc(SC(C)C(=O)Nc3cccc4ccccc34)cc2)cc1OC. The number of fused-ring (bicyclic) bond motifs is 1. The monoisotopic (exact) mass is 631 g/mol. The van der Waals surface area contributed by atoms with Gasteiger partial charge in [0.05, 0.1) is 19.5 Å². The Kier molecular flexibility index (Phi) is 10.4. The van der Waals surface area contributed by atoms with Gasteiger partial charge in [-0.05, 0) is 78.5 Å². The fourth-order valence-electron chi connectivity index (χ4n) is 4.69. The van der Waals surface area contributed by atoms with Gasteiger partial charge in [-0.15, -0.1) is 11.8 Å². The highest BCUT2D eigenvalue weighted by Gasteiger charge is 2.18. The number of rotatable bonds is 11. The van der Waals surface area contributed by atoms with Gasteiger partial charge in [0, 0.05) is 27.2 Å². The van der Waals surface area contributed by atoms with Gasteiger partial charge in [0.2, 0.25) is 5.91 Å². The fraction of sp³-hybridized carbons (Fsp3) is 0.108. The normalized spacial score (nSPS) is 11.8. The topological polar surface area (TPSA) is 106 Å². The van der Waals surface area contributed by atoms with E-state index in [9.17, 15) is 14.4 Å². The predicted octanol–water partition coefficient (Wildman–Crippen LogP) is 7.39. The first-order valence-corrected chi connectivity index (χ1v) is 15.4. The summed E-state index contributed by atoms with van der Waals surface area (Å²) in [4.78, 5) is 40.3. The molecule has 0 saturated heterocycles. The average Bonchev–Trinajstić information content (AvgIpc) is 3.09. The number of hydrogen-bond acceptors (Lipinski definition) is 6. The van der Waals surface area contributed by atoms with Crippen molar-refractivity contribution < 1.29 is 23.9 Å². The number of ether oxygens (including phenoxy) is 2. The minimum atomic E-state index is -0.512. The quantitative estimate of drug-likeness (QED) is 0.104. The minimum absolute atomic E-state index is 0.0400. The fourth-order valence-corrected chi connectivity index (χ4v) is 5.56. The molecule has 0 fully saturated rings. The highest BCUT2D eigenvalue weighted by molar-refractivity contribution is 8.00. The van der Waals surface area contributed by atoms with E-state index in [1.54, 1.807) is 60.7 Å². The molecule has 0 saturated carbocycles. The van der Waals surface area contributed by atoms with Gasteiger partial charge in [-0.3, -0.25) is 14.4 Å². The number of thioether (sulfide) groups is 1. The number of carbonyl (C=O) groups excluding carboxylic acids is 3. The molecule has 0 aromatic heterocycles. The lowest BCUT2D eigenvalue weighted by Gasteiger charge is -2.14. The molecule has 0 aliphatic carbocycles.